The Morgan fingerprint density at radius 2 is 1.89 bits per heavy atom. The van der Waals surface area contributed by atoms with E-state index in [2.05, 4.69) is 54.2 Å². The molecule has 0 saturated heterocycles. The standard InChI is InChI=1S/C16H26BrNO/c1-5-10-18-16(12(6-2)7-3)14-9-8-13(19-4)11-15(14)17/h8-9,11-12,16,18H,5-7,10H2,1-4H3. The van der Waals surface area contributed by atoms with Crippen molar-refractivity contribution in [1.29, 1.82) is 0 Å². The number of benzene rings is 1. The summed E-state index contributed by atoms with van der Waals surface area (Å²) in [6.45, 7) is 7.80. The molecule has 0 aliphatic heterocycles. The molecular weight excluding hydrogens is 302 g/mol. The third kappa shape index (κ3) is 4.50. The lowest BCUT2D eigenvalue weighted by molar-refractivity contribution is 0.340. The number of methoxy groups -OCH3 is 1. The molecule has 0 amide bonds. The van der Waals surface area contributed by atoms with Gasteiger partial charge in [0.1, 0.15) is 5.75 Å². The monoisotopic (exact) mass is 327 g/mol. The van der Waals surface area contributed by atoms with Crippen LogP contribution in [0.2, 0.25) is 0 Å². The minimum Gasteiger partial charge on any atom is -0.497 e. The second kappa shape index (κ2) is 8.60. The molecule has 108 valence electrons. The van der Waals surface area contributed by atoms with Gasteiger partial charge in [0.2, 0.25) is 0 Å². The summed E-state index contributed by atoms with van der Waals surface area (Å²) < 4.78 is 6.41. The van der Waals surface area contributed by atoms with Crippen LogP contribution < -0.4 is 10.1 Å². The van der Waals surface area contributed by atoms with Gasteiger partial charge in [-0.3, -0.25) is 0 Å². The van der Waals surface area contributed by atoms with Gasteiger partial charge in [-0.2, -0.15) is 0 Å². The third-order valence-electron chi connectivity index (χ3n) is 3.68. The number of halogens is 1. The molecule has 19 heavy (non-hydrogen) atoms. The van der Waals surface area contributed by atoms with E-state index in [-0.39, 0.29) is 0 Å². The molecule has 1 N–H and O–H groups in total. The van der Waals surface area contributed by atoms with Gasteiger partial charge in [-0.15, -0.1) is 0 Å². The van der Waals surface area contributed by atoms with E-state index in [9.17, 15) is 0 Å². The minimum absolute atomic E-state index is 0.412. The molecule has 1 aromatic carbocycles. The summed E-state index contributed by atoms with van der Waals surface area (Å²) in [7, 11) is 1.70. The number of rotatable bonds is 8. The molecular formula is C16H26BrNO. The fourth-order valence-corrected chi connectivity index (χ4v) is 3.08. The number of hydrogen-bond acceptors (Lipinski definition) is 2. The highest BCUT2D eigenvalue weighted by Gasteiger charge is 2.21. The van der Waals surface area contributed by atoms with E-state index < -0.39 is 0 Å². The van der Waals surface area contributed by atoms with Crippen LogP contribution in [0.25, 0.3) is 0 Å². The molecule has 0 saturated carbocycles. The van der Waals surface area contributed by atoms with Crippen molar-refractivity contribution in [3.63, 3.8) is 0 Å². The van der Waals surface area contributed by atoms with Gasteiger partial charge in [0.15, 0.2) is 0 Å². The summed E-state index contributed by atoms with van der Waals surface area (Å²) in [5.41, 5.74) is 1.34. The second-order valence-electron chi connectivity index (χ2n) is 4.90. The van der Waals surface area contributed by atoms with E-state index in [4.69, 9.17) is 4.74 Å². The van der Waals surface area contributed by atoms with Crippen molar-refractivity contribution in [2.45, 2.75) is 46.1 Å². The van der Waals surface area contributed by atoms with Gasteiger partial charge in [-0.1, -0.05) is 55.6 Å². The quantitative estimate of drug-likeness (QED) is 0.730. The SMILES string of the molecule is CCCNC(c1ccc(OC)cc1Br)C(CC)CC. The molecule has 0 heterocycles. The minimum atomic E-state index is 0.412. The highest BCUT2D eigenvalue weighted by atomic mass is 79.9. The Morgan fingerprint density at radius 1 is 1.21 bits per heavy atom. The molecule has 0 fully saturated rings. The van der Waals surface area contributed by atoms with E-state index in [1.54, 1.807) is 7.11 Å². The highest BCUT2D eigenvalue weighted by Crippen LogP contribution is 2.34. The molecule has 1 aromatic rings. The maximum Gasteiger partial charge on any atom is 0.120 e. The van der Waals surface area contributed by atoms with E-state index in [1.165, 1.54) is 18.4 Å². The Morgan fingerprint density at radius 3 is 2.37 bits per heavy atom. The van der Waals surface area contributed by atoms with Crippen LogP contribution in [-0.4, -0.2) is 13.7 Å². The molecule has 1 atom stereocenters. The predicted molar refractivity (Wildman–Crippen MR) is 85.8 cm³/mol. The van der Waals surface area contributed by atoms with Gasteiger partial charge in [-0.05, 0) is 36.6 Å². The zero-order valence-electron chi connectivity index (χ0n) is 12.5. The van der Waals surface area contributed by atoms with Gasteiger partial charge < -0.3 is 10.1 Å². The lowest BCUT2D eigenvalue weighted by atomic mass is 9.88. The number of hydrogen-bond donors (Lipinski definition) is 1. The maximum absolute atomic E-state index is 5.27. The summed E-state index contributed by atoms with van der Waals surface area (Å²) in [6.07, 6.45) is 3.54. The van der Waals surface area contributed by atoms with Crippen molar-refractivity contribution in [1.82, 2.24) is 5.32 Å². The fraction of sp³-hybridized carbons (Fsp3) is 0.625. The van der Waals surface area contributed by atoms with Crippen LogP contribution in [0.1, 0.15) is 51.6 Å². The first-order valence-corrected chi connectivity index (χ1v) is 8.03. The maximum atomic E-state index is 5.27. The molecule has 0 aromatic heterocycles. The first kappa shape index (κ1) is 16.5. The Bertz CT molecular complexity index is 377. The summed E-state index contributed by atoms with van der Waals surface area (Å²) in [6, 6.07) is 6.69. The van der Waals surface area contributed by atoms with Crippen LogP contribution in [0.15, 0.2) is 22.7 Å². The number of ether oxygens (including phenoxy) is 1. The molecule has 1 unspecified atom stereocenters. The molecule has 2 nitrogen and oxygen atoms in total. The van der Waals surface area contributed by atoms with Crippen LogP contribution >= 0.6 is 15.9 Å². The van der Waals surface area contributed by atoms with Gasteiger partial charge in [0, 0.05) is 10.5 Å². The van der Waals surface area contributed by atoms with Gasteiger partial charge in [-0.25, -0.2) is 0 Å². The van der Waals surface area contributed by atoms with Crippen LogP contribution in [0, 0.1) is 5.92 Å². The van der Waals surface area contributed by atoms with Crippen LogP contribution in [-0.2, 0) is 0 Å². The Labute approximate surface area is 126 Å². The summed E-state index contributed by atoms with van der Waals surface area (Å²) in [4.78, 5) is 0. The van der Waals surface area contributed by atoms with Crippen molar-refractivity contribution >= 4 is 15.9 Å². The van der Waals surface area contributed by atoms with Crippen LogP contribution in [0.5, 0.6) is 5.75 Å². The topological polar surface area (TPSA) is 21.3 Å². The van der Waals surface area contributed by atoms with Crippen molar-refractivity contribution in [2.24, 2.45) is 5.92 Å². The third-order valence-corrected chi connectivity index (χ3v) is 4.36. The zero-order valence-corrected chi connectivity index (χ0v) is 14.1. The molecule has 0 aliphatic carbocycles. The van der Waals surface area contributed by atoms with Gasteiger partial charge >= 0.3 is 0 Å². The summed E-state index contributed by atoms with van der Waals surface area (Å²) >= 11 is 3.69. The average molecular weight is 328 g/mol. The van der Waals surface area contributed by atoms with Crippen molar-refractivity contribution < 1.29 is 4.74 Å². The van der Waals surface area contributed by atoms with Gasteiger partial charge in [0.05, 0.1) is 7.11 Å². The van der Waals surface area contributed by atoms with E-state index >= 15 is 0 Å². The van der Waals surface area contributed by atoms with E-state index in [0.717, 1.165) is 23.2 Å². The Hall–Kier alpha value is -0.540. The fourth-order valence-electron chi connectivity index (χ4n) is 2.48. The van der Waals surface area contributed by atoms with Crippen molar-refractivity contribution in [3.05, 3.63) is 28.2 Å². The van der Waals surface area contributed by atoms with E-state index in [0.29, 0.717) is 12.0 Å². The van der Waals surface area contributed by atoms with E-state index in [1.807, 2.05) is 6.07 Å². The zero-order chi connectivity index (χ0) is 14.3. The lowest BCUT2D eigenvalue weighted by Crippen LogP contribution is -2.29. The summed E-state index contributed by atoms with van der Waals surface area (Å²) in [5, 5.41) is 3.70. The molecule has 1 rings (SSSR count). The van der Waals surface area contributed by atoms with Crippen LogP contribution in [0.4, 0.5) is 0 Å². The first-order chi connectivity index (χ1) is 9.17. The second-order valence-corrected chi connectivity index (χ2v) is 5.75. The Balaban J connectivity index is 3.01. The molecule has 0 radical (unpaired) electrons. The van der Waals surface area contributed by atoms with Gasteiger partial charge in [0.25, 0.3) is 0 Å². The van der Waals surface area contributed by atoms with Crippen LogP contribution in [0.3, 0.4) is 0 Å². The largest absolute Gasteiger partial charge is 0.497 e. The van der Waals surface area contributed by atoms with Crippen molar-refractivity contribution in [3.8, 4) is 5.75 Å². The lowest BCUT2D eigenvalue weighted by Gasteiger charge is -2.28. The molecule has 0 aliphatic rings. The first-order valence-electron chi connectivity index (χ1n) is 7.24. The van der Waals surface area contributed by atoms with Crippen molar-refractivity contribution in [2.75, 3.05) is 13.7 Å². The molecule has 0 spiro atoms. The predicted octanol–water partition coefficient (Wildman–Crippen LogP) is 4.93. The molecule has 0 bridgehead atoms. The summed E-state index contributed by atoms with van der Waals surface area (Å²) in [5.74, 6) is 1.56. The normalized spacial score (nSPS) is 12.7. The highest BCUT2D eigenvalue weighted by molar-refractivity contribution is 9.10. The smallest absolute Gasteiger partial charge is 0.120 e. The molecule has 3 heteroatoms. The Kier molecular flexibility index (Phi) is 7.47. The average Bonchev–Trinajstić information content (AvgIpc) is 2.44. The number of nitrogens with one attached hydrogen (secondary N) is 1.